The molecule has 0 aliphatic heterocycles. The molecule has 0 unspecified atom stereocenters. The fraction of sp³-hybridized carbons (Fsp3) is 0.538. The quantitative estimate of drug-likeness (QED) is 0.734. The van der Waals surface area contributed by atoms with Crippen molar-refractivity contribution >= 4 is 5.69 Å². The topological polar surface area (TPSA) is 58.7 Å². The number of aliphatic hydroxyl groups is 1. The minimum absolute atomic E-state index is 0.594. The average Bonchev–Trinajstić information content (AvgIpc) is 2.18. The van der Waals surface area contributed by atoms with Gasteiger partial charge in [-0.1, -0.05) is 0 Å². The van der Waals surface area contributed by atoms with Crippen molar-refractivity contribution in [1.29, 1.82) is 0 Å². The zero-order chi connectivity index (χ0) is 12.9. The summed E-state index contributed by atoms with van der Waals surface area (Å²) >= 11 is 0. The Kier molecular flexibility index (Phi) is 4.78. The molecule has 0 bridgehead atoms. The number of nitrogen functional groups attached to an aromatic ring is 1. The largest absolute Gasteiger partial charge is 0.492 e. The van der Waals surface area contributed by atoms with Crippen LogP contribution < -0.4 is 10.5 Å². The Morgan fingerprint density at radius 2 is 1.88 bits per heavy atom. The molecule has 0 amide bonds. The van der Waals surface area contributed by atoms with Crippen LogP contribution >= 0.6 is 0 Å². The van der Waals surface area contributed by atoms with E-state index < -0.39 is 5.60 Å². The highest BCUT2D eigenvalue weighted by Crippen LogP contribution is 2.12. The van der Waals surface area contributed by atoms with E-state index in [4.69, 9.17) is 10.5 Å². The summed E-state index contributed by atoms with van der Waals surface area (Å²) in [6, 6.07) is 7.34. The van der Waals surface area contributed by atoms with E-state index in [1.54, 1.807) is 13.8 Å². The minimum Gasteiger partial charge on any atom is -0.492 e. The zero-order valence-corrected chi connectivity index (χ0v) is 10.8. The lowest BCUT2D eigenvalue weighted by Crippen LogP contribution is -2.38. The van der Waals surface area contributed by atoms with Gasteiger partial charge in [0.2, 0.25) is 0 Å². The Morgan fingerprint density at radius 3 is 2.41 bits per heavy atom. The molecule has 17 heavy (non-hydrogen) atoms. The molecule has 0 atom stereocenters. The number of hydrogen-bond acceptors (Lipinski definition) is 4. The second kappa shape index (κ2) is 5.89. The molecule has 0 spiro atoms. The summed E-state index contributed by atoms with van der Waals surface area (Å²) in [5.41, 5.74) is 5.64. The third-order valence-electron chi connectivity index (χ3n) is 2.28. The van der Waals surface area contributed by atoms with Gasteiger partial charge in [-0.05, 0) is 45.2 Å². The van der Waals surface area contributed by atoms with Gasteiger partial charge in [0.15, 0.2) is 0 Å². The lowest BCUT2D eigenvalue weighted by atomic mass is 10.1. The molecule has 0 aliphatic rings. The average molecular weight is 238 g/mol. The van der Waals surface area contributed by atoms with Crippen LogP contribution in [0.25, 0.3) is 0 Å². The highest BCUT2D eigenvalue weighted by molar-refractivity contribution is 5.41. The first-order valence-electron chi connectivity index (χ1n) is 5.76. The van der Waals surface area contributed by atoms with Gasteiger partial charge in [-0.2, -0.15) is 0 Å². The molecule has 0 aliphatic carbocycles. The molecule has 96 valence electrons. The van der Waals surface area contributed by atoms with E-state index in [0.29, 0.717) is 13.2 Å². The van der Waals surface area contributed by atoms with Crippen LogP contribution in [-0.4, -0.2) is 42.4 Å². The molecule has 0 saturated heterocycles. The van der Waals surface area contributed by atoms with Crippen molar-refractivity contribution in [3.05, 3.63) is 24.3 Å². The van der Waals surface area contributed by atoms with Crippen molar-refractivity contribution in [3.63, 3.8) is 0 Å². The summed E-state index contributed by atoms with van der Waals surface area (Å²) in [5.74, 6) is 0.816. The number of ether oxygens (including phenoxy) is 1. The summed E-state index contributed by atoms with van der Waals surface area (Å²) in [4.78, 5) is 2.04. The predicted octanol–water partition coefficient (Wildman–Crippen LogP) is 1.35. The number of hydrogen-bond donors (Lipinski definition) is 2. The van der Waals surface area contributed by atoms with Crippen LogP contribution in [-0.2, 0) is 0 Å². The van der Waals surface area contributed by atoms with E-state index in [1.807, 2.05) is 36.2 Å². The van der Waals surface area contributed by atoms with Gasteiger partial charge in [0.05, 0.1) is 5.60 Å². The van der Waals surface area contributed by atoms with Crippen molar-refractivity contribution in [1.82, 2.24) is 4.90 Å². The number of rotatable bonds is 6. The summed E-state index contributed by atoms with van der Waals surface area (Å²) in [7, 11) is 1.96. The summed E-state index contributed by atoms with van der Waals surface area (Å²) in [5, 5.41) is 9.64. The number of benzene rings is 1. The van der Waals surface area contributed by atoms with E-state index in [1.165, 1.54) is 0 Å². The van der Waals surface area contributed by atoms with Gasteiger partial charge in [-0.3, -0.25) is 0 Å². The molecular weight excluding hydrogens is 216 g/mol. The molecule has 4 nitrogen and oxygen atoms in total. The van der Waals surface area contributed by atoms with Gasteiger partial charge in [0, 0.05) is 18.8 Å². The first-order valence-corrected chi connectivity index (χ1v) is 5.76. The van der Waals surface area contributed by atoms with E-state index in [-0.39, 0.29) is 0 Å². The van der Waals surface area contributed by atoms with Gasteiger partial charge in [0.1, 0.15) is 12.4 Å². The van der Waals surface area contributed by atoms with Gasteiger partial charge in [-0.25, -0.2) is 0 Å². The van der Waals surface area contributed by atoms with Crippen molar-refractivity contribution in [2.24, 2.45) is 0 Å². The molecule has 0 saturated carbocycles. The lowest BCUT2D eigenvalue weighted by Gasteiger charge is -2.25. The van der Waals surface area contributed by atoms with Gasteiger partial charge < -0.3 is 20.5 Å². The van der Waals surface area contributed by atoms with E-state index in [2.05, 4.69) is 0 Å². The van der Waals surface area contributed by atoms with Gasteiger partial charge in [-0.15, -0.1) is 0 Å². The molecule has 0 radical (unpaired) electrons. The second-order valence-electron chi connectivity index (χ2n) is 4.97. The Morgan fingerprint density at radius 1 is 1.29 bits per heavy atom. The Hall–Kier alpha value is -1.26. The fourth-order valence-electron chi connectivity index (χ4n) is 1.62. The van der Waals surface area contributed by atoms with Crippen LogP contribution in [0.4, 0.5) is 5.69 Å². The smallest absolute Gasteiger partial charge is 0.119 e. The third-order valence-corrected chi connectivity index (χ3v) is 2.28. The van der Waals surface area contributed by atoms with E-state index in [9.17, 15) is 5.11 Å². The molecule has 0 aromatic heterocycles. The summed E-state index contributed by atoms with van der Waals surface area (Å²) in [6.07, 6.45) is 0. The zero-order valence-electron chi connectivity index (χ0n) is 10.8. The second-order valence-corrected chi connectivity index (χ2v) is 4.97. The number of anilines is 1. The van der Waals surface area contributed by atoms with Gasteiger partial charge in [0.25, 0.3) is 0 Å². The molecule has 3 N–H and O–H groups in total. The van der Waals surface area contributed by atoms with E-state index in [0.717, 1.165) is 18.0 Å². The number of likely N-dealkylation sites (N-methyl/N-ethyl adjacent to an activating group) is 1. The lowest BCUT2D eigenvalue weighted by molar-refractivity contribution is 0.0411. The molecular formula is C13H22N2O2. The molecule has 0 fully saturated rings. The van der Waals surface area contributed by atoms with E-state index >= 15 is 0 Å². The molecule has 1 aromatic rings. The predicted molar refractivity (Wildman–Crippen MR) is 70.1 cm³/mol. The third kappa shape index (κ3) is 6.14. The molecule has 1 aromatic carbocycles. The minimum atomic E-state index is -0.671. The van der Waals surface area contributed by atoms with Crippen LogP contribution in [0.5, 0.6) is 5.75 Å². The maximum Gasteiger partial charge on any atom is 0.119 e. The highest BCUT2D eigenvalue weighted by atomic mass is 16.5. The summed E-state index contributed by atoms with van der Waals surface area (Å²) < 4.78 is 5.57. The van der Waals surface area contributed by atoms with Crippen LogP contribution in [0.15, 0.2) is 24.3 Å². The van der Waals surface area contributed by atoms with Crippen molar-refractivity contribution in [3.8, 4) is 5.75 Å². The molecule has 4 heteroatoms. The van der Waals surface area contributed by atoms with Crippen LogP contribution in [0.3, 0.4) is 0 Å². The number of nitrogens with zero attached hydrogens (tertiary/aromatic N) is 1. The normalized spacial score (nSPS) is 11.8. The van der Waals surface area contributed by atoms with Crippen molar-refractivity contribution in [2.75, 3.05) is 32.5 Å². The first kappa shape index (κ1) is 13.8. The van der Waals surface area contributed by atoms with Gasteiger partial charge >= 0.3 is 0 Å². The fourth-order valence-corrected chi connectivity index (χ4v) is 1.62. The van der Waals surface area contributed by atoms with Crippen molar-refractivity contribution in [2.45, 2.75) is 19.4 Å². The van der Waals surface area contributed by atoms with Crippen LogP contribution in [0, 0.1) is 0 Å². The Balaban J connectivity index is 2.26. The molecule has 1 rings (SSSR count). The SMILES string of the molecule is CN(CCOc1ccc(N)cc1)CC(C)(C)O. The van der Waals surface area contributed by atoms with Crippen molar-refractivity contribution < 1.29 is 9.84 Å². The molecule has 0 heterocycles. The summed E-state index contributed by atoms with van der Waals surface area (Å²) in [6.45, 7) is 5.58. The van der Waals surface area contributed by atoms with Crippen LogP contribution in [0.2, 0.25) is 0 Å². The Labute approximate surface area is 103 Å². The standard InChI is InChI=1S/C13H22N2O2/c1-13(2,16)10-15(3)8-9-17-12-6-4-11(14)5-7-12/h4-7,16H,8-10,14H2,1-3H3. The maximum atomic E-state index is 9.64. The highest BCUT2D eigenvalue weighted by Gasteiger charge is 2.15. The number of nitrogens with two attached hydrogens (primary N) is 1. The van der Waals surface area contributed by atoms with Crippen LogP contribution in [0.1, 0.15) is 13.8 Å². The monoisotopic (exact) mass is 238 g/mol. The maximum absolute atomic E-state index is 9.64. The first-order chi connectivity index (χ1) is 7.87. The Bertz CT molecular complexity index is 330.